The van der Waals surface area contributed by atoms with Crippen molar-refractivity contribution in [2.75, 3.05) is 5.32 Å². The molecule has 0 bridgehead atoms. The summed E-state index contributed by atoms with van der Waals surface area (Å²) in [5.74, 6) is 0.503. The van der Waals surface area contributed by atoms with Gasteiger partial charge < -0.3 is 5.32 Å². The molecule has 2 rings (SSSR count). The minimum absolute atomic E-state index is 0.0787. The van der Waals surface area contributed by atoms with Crippen molar-refractivity contribution in [3.05, 3.63) is 29.2 Å². The highest BCUT2D eigenvalue weighted by Gasteiger charge is 2.22. The second-order valence-electron chi connectivity index (χ2n) is 6.14. The molecule has 0 aliphatic heterocycles. The Morgan fingerprint density at radius 1 is 1.24 bits per heavy atom. The first-order chi connectivity index (χ1) is 12.0. The van der Waals surface area contributed by atoms with Crippen molar-refractivity contribution >= 4 is 11.7 Å². The smallest absolute Gasteiger partial charge is 0.252 e. The van der Waals surface area contributed by atoms with Crippen LogP contribution in [0, 0.1) is 31.1 Å². The average Bonchev–Trinajstić information content (AvgIpc) is 2.96. The third-order valence-corrected chi connectivity index (χ3v) is 3.94. The van der Waals surface area contributed by atoms with E-state index in [1.807, 2.05) is 19.9 Å². The van der Waals surface area contributed by atoms with E-state index in [9.17, 15) is 10.1 Å². The molecule has 7 nitrogen and oxygen atoms in total. The molecule has 0 saturated carbocycles. The quantitative estimate of drug-likeness (QED) is 0.834. The minimum atomic E-state index is -0.0914. The SMILES string of the molecule is CCCC(CCC)C(=O)Nc1c(C#N)cnn1-c1nc(C)cc(C)n1. The van der Waals surface area contributed by atoms with Crippen LogP contribution in [0.5, 0.6) is 0 Å². The molecule has 0 atom stereocenters. The van der Waals surface area contributed by atoms with Crippen molar-refractivity contribution in [3.63, 3.8) is 0 Å². The number of hydrogen-bond donors (Lipinski definition) is 1. The molecule has 0 aliphatic carbocycles. The Kier molecular flexibility index (Phi) is 6.23. The summed E-state index contributed by atoms with van der Waals surface area (Å²) < 4.78 is 1.42. The van der Waals surface area contributed by atoms with Gasteiger partial charge in [0, 0.05) is 17.3 Å². The van der Waals surface area contributed by atoms with Gasteiger partial charge in [0.1, 0.15) is 11.6 Å². The number of hydrogen-bond acceptors (Lipinski definition) is 5. The summed E-state index contributed by atoms with van der Waals surface area (Å²) in [4.78, 5) is 21.4. The average molecular weight is 340 g/mol. The molecule has 2 heterocycles. The van der Waals surface area contributed by atoms with E-state index in [0.29, 0.717) is 17.3 Å². The topological polar surface area (TPSA) is 96.5 Å². The summed E-state index contributed by atoms with van der Waals surface area (Å²) in [6, 6.07) is 3.93. The molecule has 2 aromatic heterocycles. The molecule has 2 aromatic rings. The minimum Gasteiger partial charge on any atom is -0.309 e. The fraction of sp³-hybridized carbons (Fsp3) is 0.500. The van der Waals surface area contributed by atoms with Crippen molar-refractivity contribution in [3.8, 4) is 12.0 Å². The molecule has 0 aromatic carbocycles. The van der Waals surface area contributed by atoms with Crippen molar-refractivity contribution in [1.29, 1.82) is 5.26 Å². The molecule has 7 heteroatoms. The lowest BCUT2D eigenvalue weighted by molar-refractivity contribution is -0.120. The van der Waals surface area contributed by atoms with E-state index in [4.69, 9.17) is 0 Å². The molecule has 0 unspecified atom stereocenters. The molecule has 132 valence electrons. The summed E-state index contributed by atoms with van der Waals surface area (Å²) >= 11 is 0. The number of nitriles is 1. The molecule has 0 saturated heterocycles. The second-order valence-corrected chi connectivity index (χ2v) is 6.14. The van der Waals surface area contributed by atoms with E-state index in [1.165, 1.54) is 10.9 Å². The molecular formula is C18H24N6O. The Bertz CT molecular complexity index is 763. The predicted molar refractivity (Wildman–Crippen MR) is 95.3 cm³/mol. The fourth-order valence-corrected chi connectivity index (χ4v) is 2.83. The van der Waals surface area contributed by atoms with Crippen LogP contribution in [0.4, 0.5) is 5.82 Å². The van der Waals surface area contributed by atoms with Gasteiger partial charge in [-0.3, -0.25) is 4.79 Å². The van der Waals surface area contributed by atoms with Crippen LogP contribution in [0.25, 0.3) is 5.95 Å². The Morgan fingerprint density at radius 2 is 1.84 bits per heavy atom. The first-order valence-corrected chi connectivity index (χ1v) is 8.61. The maximum Gasteiger partial charge on any atom is 0.252 e. The monoisotopic (exact) mass is 340 g/mol. The third kappa shape index (κ3) is 4.41. The van der Waals surface area contributed by atoms with Crippen LogP contribution < -0.4 is 5.32 Å². The van der Waals surface area contributed by atoms with Gasteiger partial charge in [-0.25, -0.2) is 9.97 Å². The Labute approximate surface area is 148 Å². The molecule has 1 N–H and O–H groups in total. The van der Waals surface area contributed by atoms with E-state index in [-0.39, 0.29) is 11.8 Å². The van der Waals surface area contributed by atoms with Crippen LogP contribution in [0.1, 0.15) is 56.5 Å². The van der Waals surface area contributed by atoms with Crippen molar-refractivity contribution in [2.24, 2.45) is 5.92 Å². The van der Waals surface area contributed by atoms with Crippen molar-refractivity contribution in [2.45, 2.75) is 53.4 Å². The van der Waals surface area contributed by atoms with Crippen LogP contribution >= 0.6 is 0 Å². The molecule has 25 heavy (non-hydrogen) atoms. The third-order valence-electron chi connectivity index (χ3n) is 3.94. The van der Waals surface area contributed by atoms with Gasteiger partial charge >= 0.3 is 0 Å². The van der Waals surface area contributed by atoms with E-state index in [2.05, 4.69) is 40.3 Å². The predicted octanol–water partition coefficient (Wildman–Crippen LogP) is 3.31. The molecule has 0 fully saturated rings. The van der Waals surface area contributed by atoms with Crippen LogP contribution in [-0.2, 0) is 4.79 Å². The van der Waals surface area contributed by atoms with Gasteiger partial charge in [-0.2, -0.15) is 15.0 Å². The van der Waals surface area contributed by atoms with Crippen LogP contribution in [0.3, 0.4) is 0 Å². The number of carbonyl (C=O) groups excluding carboxylic acids is 1. The number of amides is 1. The van der Waals surface area contributed by atoms with E-state index in [1.54, 1.807) is 0 Å². The van der Waals surface area contributed by atoms with E-state index >= 15 is 0 Å². The lowest BCUT2D eigenvalue weighted by Gasteiger charge is -2.16. The molecule has 0 radical (unpaired) electrons. The zero-order chi connectivity index (χ0) is 18.4. The van der Waals surface area contributed by atoms with E-state index in [0.717, 1.165) is 37.1 Å². The Balaban J connectivity index is 2.38. The zero-order valence-corrected chi connectivity index (χ0v) is 15.2. The van der Waals surface area contributed by atoms with E-state index < -0.39 is 0 Å². The summed E-state index contributed by atoms with van der Waals surface area (Å²) in [5.41, 5.74) is 1.88. The number of nitrogens with zero attached hydrogens (tertiary/aromatic N) is 5. The molecule has 0 aliphatic rings. The normalized spacial score (nSPS) is 10.7. The van der Waals surface area contributed by atoms with Gasteiger partial charge in [0.25, 0.3) is 5.95 Å². The lowest BCUT2D eigenvalue weighted by atomic mass is 9.97. The zero-order valence-electron chi connectivity index (χ0n) is 15.2. The van der Waals surface area contributed by atoms with Crippen LogP contribution in [0.15, 0.2) is 12.3 Å². The van der Waals surface area contributed by atoms with Crippen molar-refractivity contribution in [1.82, 2.24) is 19.7 Å². The highest BCUT2D eigenvalue weighted by atomic mass is 16.2. The number of rotatable bonds is 7. The Morgan fingerprint density at radius 3 is 2.36 bits per heavy atom. The fourth-order valence-electron chi connectivity index (χ4n) is 2.83. The standard InChI is InChI=1S/C18H24N6O/c1-5-7-14(8-6-2)17(25)23-16-15(10-19)11-20-24(16)18-21-12(3)9-13(4)22-18/h9,11,14H,5-8H2,1-4H3,(H,23,25). The van der Waals surface area contributed by atoms with Gasteiger partial charge in [-0.15, -0.1) is 0 Å². The summed E-state index contributed by atoms with van der Waals surface area (Å²) in [5, 5.41) is 16.4. The number of nitrogens with one attached hydrogen (secondary N) is 1. The van der Waals surface area contributed by atoms with Crippen molar-refractivity contribution < 1.29 is 4.79 Å². The number of aryl methyl sites for hydroxylation is 2. The van der Waals surface area contributed by atoms with Gasteiger partial charge in [0.05, 0.1) is 6.20 Å². The maximum atomic E-state index is 12.7. The first kappa shape index (κ1) is 18.6. The summed E-state index contributed by atoms with van der Waals surface area (Å²) in [7, 11) is 0. The highest BCUT2D eigenvalue weighted by molar-refractivity contribution is 5.93. The highest BCUT2D eigenvalue weighted by Crippen LogP contribution is 2.21. The van der Waals surface area contributed by atoms with Gasteiger partial charge in [0.15, 0.2) is 5.82 Å². The number of aromatic nitrogens is 4. The second kappa shape index (κ2) is 8.38. The van der Waals surface area contributed by atoms with Gasteiger partial charge in [-0.1, -0.05) is 26.7 Å². The summed E-state index contributed by atoms with van der Waals surface area (Å²) in [6.07, 6.45) is 4.92. The number of anilines is 1. The lowest BCUT2D eigenvalue weighted by Crippen LogP contribution is -2.25. The Hall–Kier alpha value is -2.75. The van der Waals surface area contributed by atoms with Gasteiger partial charge in [0.2, 0.25) is 5.91 Å². The van der Waals surface area contributed by atoms with Crippen LogP contribution in [0.2, 0.25) is 0 Å². The maximum absolute atomic E-state index is 12.7. The molecule has 1 amide bonds. The first-order valence-electron chi connectivity index (χ1n) is 8.61. The molecule has 0 spiro atoms. The summed E-state index contributed by atoms with van der Waals surface area (Å²) in [6.45, 7) is 7.85. The number of carbonyl (C=O) groups is 1. The van der Waals surface area contributed by atoms with Gasteiger partial charge in [-0.05, 0) is 32.8 Å². The van der Waals surface area contributed by atoms with Crippen LogP contribution in [-0.4, -0.2) is 25.7 Å². The molecular weight excluding hydrogens is 316 g/mol. The largest absolute Gasteiger partial charge is 0.309 e.